The summed E-state index contributed by atoms with van der Waals surface area (Å²) in [4.78, 5) is 28.0. The molecule has 29 heavy (non-hydrogen) atoms. The zero-order valence-corrected chi connectivity index (χ0v) is 15.2. The quantitative estimate of drug-likeness (QED) is 0.337. The van der Waals surface area contributed by atoms with Crippen LogP contribution in [0.25, 0.3) is 21.8 Å². The molecule has 0 radical (unpaired) electrons. The Morgan fingerprint density at radius 3 is 2.55 bits per heavy atom. The van der Waals surface area contributed by atoms with Crippen LogP contribution in [-0.4, -0.2) is 63.1 Å². The van der Waals surface area contributed by atoms with Gasteiger partial charge in [-0.1, -0.05) is 0 Å². The zero-order valence-electron chi connectivity index (χ0n) is 15.2. The fourth-order valence-corrected chi connectivity index (χ4v) is 4.35. The second-order valence-corrected chi connectivity index (χ2v) is 7.48. The van der Waals surface area contributed by atoms with Crippen LogP contribution in [-0.2, 0) is 11.2 Å². The molecule has 5 rings (SSSR count). The van der Waals surface area contributed by atoms with E-state index in [0.717, 1.165) is 0 Å². The van der Waals surface area contributed by atoms with Gasteiger partial charge in [0.05, 0.1) is 28.9 Å². The highest BCUT2D eigenvalue weighted by Crippen LogP contribution is 2.37. The number of carbonyl (C=O) groups is 2. The van der Waals surface area contributed by atoms with Gasteiger partial charge in [-0.05, 0) is 29.8 Å². The van der Waals surface area contributed by atoms with Gasteiger partial charge in [0.15, 0.2) is 0 Å². The molecule has 4 atom stereocenters. The van der Waals surface area contributed by atoms with Crippen LogP contribution in [0, 0.1) is 0 Å². The van der Waals surface area contributed by atoms with Crippen molar-refractivity contribution < 1.29 is 29.6 Å². The number of fused-ring (bicyclic) bond motifs is 5. The van der Waals surface area contributed by atoms with Gasteiger partial charge in [0, 0.05) is 29.3 Å². The Hall–Kier alpha value is -2.98. The summed E-state index contributed by atoms with van der Waals surface area (Å²) in [5.41, 5.74) is 8.01. The summed E-state index contributed by atoms with van der Waals surface area (Å²) in [7, 11) is 0. The van der Waals surface area contributed by atoms with Crippen molar-refractivity contribution in [1.29, 1.82) is 0 Å². The maximum Gasteiger partial charge on any atom is 0.259 e. The van der Waals surface area contributed by atoms with Gasteiger partial charge in [-0.25, -0.2) is 0 Å². The molecule has 1 saturated heterocycles. The number of phenols is 1. The topological polar surface area (TPSA) is 158 Å². The van der Waals surface area contributed by atoms with E-state index in [4.69, 9.17) is 10.5 Å². The number of phenolic OH excluding ortho intramolecular Hbond substituents is 1. The summed E-state index contributed by atoms with van der Waals surface area (Å²) in [6.07, 6.45) is -3.43. The molecule has 9 heteroatoms. The van der Waals surface area contributed by atoms with Crippen molar-refractivity contribution in [3.8, 4) is 5.75 Å². The normalized spacial score (nSPS) is 26.4. The molecule has 2 amide bonds. The average molecular weight is 397 g/mol. The summed E-state index contributed by atoms with van der Waals surface area (Å²) < 4.78 is 5.70. The Kier molecular flexibility index (Phi) is 3.90. The second kappa shape index (κ2) is 6.26. The minimum Gasteiger partial charge on any atom is -0.508 e. The molecule has 0 saturated carbocycles. The lowest BCUT2D eigenvalue weighted by molar-refractivity contribution is 0.0134. The fraction of sp³-hybridized carbons (Fsp3) is 0.300. The molecule has 150 valence electrons. The van der Waals surface area contributed by atoms with Crippen molar-refractivity contribution in [2.75, 3.05) is 6.54 Å². The van der Waals surface area contributed by atoms with E-state index in [0.29, 0.717) is 27.4 Å². The lowest BCUT2D eigenvalue weighted by atomic mass is 9.94. The number of nitrogens with two attached hydrogens (primary N) is 1. The predicted molar refractivity (Wildman–Crippen MR) is 103 cm³/mol. The molecule has 2 aliphatic heterocycles. The molecule has 1 unspecified atom stereocenters. The van der Waals surface area contributed by atoms with E-state index in [1.807, 2.05) is 0 Å². The number of aliphatic hydroxyl groups is 2. The van der Waals surface area contributed by atoms with E-state index in [2.05, 4.69) is 10.3 Å². The first kappa shape index (κ1) is 18.1. The number of aromatic hydroxyl groups is 1. The van der Waals surface area contributed by atoms with Crippen LogP contribution in [0.15, 0.2) is 24.3 Å². The molecule has 1 fully saturated rings. The summed E-state index contributed by atoms with van der Waals surface area (Å²) in [5.74, 6) is -0.970. The first-order valence-corrected chi connectivity index (χ1v) is 9.26. The minimum absolute atomic E-state index is 0.0331. The highest BCUT2D eigenvalue weighted by atomic mass is 16.5. The number of H-pyrrole nitrogens is 1. The highest BCUT2D eigenvalue weighted by molar-refractivity contribution is 6.30. The molecular weight excluding hydrogens is 378 g/mol. The van der Waals surface area contributed by atoms with Gasteiger partial charge in [0.25, 0.3) is 11.8 Å². The summed E-state index contributed by atoms with van der Waals surface area (Å²) in [6, 6.07) is 6.34. The third-order valence-electron chi connectivity index (χ3n) is 5.75. The first-order valence-electron chi connectivity index (χ1n) is 9.26. The molecule has 2 aromatic carbocycles. The third kappa shape index (κ3) is 2.56. The number of hydrogen-bond acceptors (Lipinski definition) is 7. The number of rotatable bonds is 3. The SMILES string of the molecule is NC[C@H]1OC(Cc2cc3c(c4c2[nH]c2ccc(O)cc24)C(=O)NC3=O)[C@H](O)[C@@H]1O. The number of ether oxygens (including phenoxy) is 1. The minimum atomic E-state index is -1.13. The van der Waals surface area contributed by atoms with E-state index in [1.165, 1.54) is 12.1 Å². The lowest BCUT2D eigenvalue weighted by Crippen LogP contribution is -2.36. The van der Waals surface area contributed by atoms with Crippen LogP contribution in [0.2, 0.25) is 0 Å². The van der Waals surface area contributed by atoms with Crippen molar-refractivity contribution in [1.82, 2.24) is 10.3 Å². The summed E-state index contributed by atoms with van der Waals surface area (Å²) in [5, 5.41) is 33.8. The molecule has 9 nitrogen and oxygen atoms in total. The summed E-state index contributed by atoms with van der Waals surface area (Å²) in [6.45, 7) is 0.0664. The van der Waals surface area contributed by atoms with Gasteiger partial charge >= 0.3 is 0 Å². The number of aromatic nitrogens is 1. The van der Waals surface area contributed by atoms with Crippen LogP contribution >= 0.6 is 0 Å². The van der Waals surface area contributed by atoms with Crippen molar-refractivity contribution >= 4 is 33.6 Å². The molecule has 7 N–H and O–H groups in total. The largest absolute Gasteiger partial charge is 0.508 e. The van der Waals surface area contributed by atoms with Crippen molar-refractivity contribution in [3.63, 3.8) is 0 Å². The Balaban J connectivity index is 1.72. The van der Waals surface area contributed by atoms with Crippen LogP contribution in [0.5, 0.6) is 5.75 Å². The zero-order chi connectivity index (χ0) is 20.4. The number of aromatic amines is 1. The molecule has 0 spiro atoms. The van der Waals surface area contributed by atoms with Gasteiger partial charge < -0.3 is 30.8 Å². The Morgan fingerprint density at radius 2 is 1.83 bits per heavy atom. The number of carbonyl (C=O) groups excluding carboxylic acids is 2. The van der Waals surface area contributed by atoms with Crippen LogP contribution in [0.3, 0.4) is 0 Å². The number of aliphatic hydroxyl groups excluding tert-OH is 2. The molecular formula is C20H19N3O6. The highest BCUT2D eigenvalue weighted by Gasteiger charge is 2.42. The molecule has 3 heterocycles. The number of amides is 2. The van der Waals surface area contributed by atoms with Gasteiger partial charge in [0.1, 0.15) is 18.0 Å². The predicted octanol–water partition coefficient (Wildman–Crippen LogP) is -0.0993. The molecule has 0 aliphatic carbocycles. The van der Waals surface area contributed by atoms with E-state index >= 15 is 0 Å². The Labute approximate surface area is 164 Å². The molecule has 3 aromatic rings. The van der Waals surface area contributed by atoms with Crippen molar-refractivity contribution in [2.45, 2.75) is 30.8 Å². The molecule has 2 aliphatic rings. The van der Waals surface area contributed by atoms with Crippen molar-refractivity contribution in [3.05, 3.63) is 41.0 Å². The van der Waals surface area contributed by atoms with E-state index < -0.39 is 36.2 Å². The number of hydrogen-bond donors (Lipinski definition) is 6. The number of nitrogens with one attached hydrogen (secondary N) is 2. The van der Waals surface area contributed by atoms with Gasteiger partial charge in [-0.2, -0.15) is 0 Å². The Bertz CT molecular complexity index is 1190. The maximum absolute atomic E-state index is 12.4. The number of imide groups is 1. The van der Waals surface area contributed by atoms with Crippen LogP contribution in [0.4, 0.5) is 0 Å². The summed E-state index contributed by atoms with van der Waals surface area (Å²) >= 11 is 0. The molecule has 0 bridgehead atoms. The van der Waals surface area contributed by atoms with Gasteiger partial charge in [-0.15, -0.1) is 0 Å². The average Bonchev–Trinajstić information content (AvgIpc) is 3.29. The number of benzene rings is 2. The van der Waals surface area contributed by atoms with Crippen LogP contribution in [0.1, 0.15) is 26.3 Å². The van der Waals surface area contributed by atoms with Gasteiger partial charge in [0.2, 0.25) is 0 Å². The first-order chi connectivity index (χ1) is 13.9. The smallest absolute Gasteiger partial charge is 0.259 e. The van der Waals surface area contributed by atoms with E-state index in [1.54, 1.807) is 12.1 Å². The van der Waals surface area contributed by atoms with Crippen molar-refractivity contribution in [2.24, 2.45) is 5.73 Å². The van der Waals surface area contributed by atoms with E-state index in [-0.39, 0.29) is 29.8 Å². The molecule has 1 aromatic heterocycles. The monoisotopic (exact) mass is 397 g/mol. The third-order valence-corrected chi connectivity index (χ3v) is 5.75. The van der Waals surface area contributed by atoms with Crippen LogP contribution < -0.4 is 11.1 Å². The maximum atomic E-state index is 12.4. The van der Waals surface area contributed by atoms with Gasteiger partial charge in [-0.3, -0.25) is 14.9 Å². The Morgan fingerprint density at radius 1 is 1.07 bits per heavy atom. The second-order valence-electron chi connectivity index (χ2n) is 7.48. The lowest BCUT2D eigenvalue weighted by Gasteiger charge is -2.16. The van der Waals surface area contributed by atoms with E-state index in [9.17, 15) is 24.9 Å². The fourth-order valence-electron chi connectivity index (χ4n) is 4.35. The standard InChI is InChI=1S/C20H19N3O6/c21-6-13-18(26)17(25)12(29-13)4-7-3-10-15(20(28)23-19(10)27)14-9-5-8(24)1-2-11(9)22-16(7)14/h1-3,5,12-13,17-18,22,24-26H,4,6,21H2,(H,23,27,28)/t12?,13-,17+,18-/m1/s1.